The second-order valence-corrected chi connectivity index (χ2v) is 7.87. The van der Waals surface area contributed by atoms with Crippen LogP contribution in [0.3, 0.4) is 0 Å². The Morgan fingerprint density at radius 3 is 2.75 bits per heavy atom. The Kier molecular flexibility index (Phi) is 8.48. The first-order valence-corrected chi connectivity index (χ1v) is 11.1. The fourth-order valence-electron chi connectivity index (χ4n) is 3.04. The van der Waals surface area contributed by atoms with E-state index in [0.717, 1.165) is 25.9 Å². The van der Waals surface area contributed by atoms with Crippen LogP contribution in [0, 0.1) is 11.3 Å². The van der Waals surface area contributed by atoms with Crippen molar-refractivity contribution in [2.45, 2.75) is 39.7 Å². The number of unbranched alkanes of at least 4 members (excludes halogenated alkanes) is 1. The van der Waals surface area contributed by atoms with Crippen LogP contribution in [0.4, 0.5) is 0 Å². The van der Waals surface area contributed by atoms with E-state index in [9.17, 15) is 5.26 Å². The quantitative estimate of drug-likeness (QED) is 0.383. The van der Waals surface area contributed by atoms with Crippen LogP contribution in [0.1, 0.15) is 39.2 Å². The molecule has 0 fully saturated rings. The molecule has 0 aliphatic carbocycles. The Morgan fingerprint density at radius 1 is 1.19 bits per heavy atom. The van der Waals surface area contributed by atoms with Gasteiger partial charge in [-0.25, -0.2) is 0 Å². The lowest BCUT2D eigenvalue weighted by atomic mass is 10.1. The Bertz CT molecular complexity index is 1080. The lowest BCUT2D eigenvalue weighted by Crippen LogP contribution is -2.14. The van der Waals surface area contributed by atoms with Crippen LogP contribution in [0.2, 0.25) is 5.02 Å². The average molecular weight is 455 g/mol. The van der Waals surface area contributed by atoms with E-state index in [1.807, 2.05) is 26.0 Å². The number of benzene rings is 2. The lowest BCUT2D eigenvalue weighted by Gasteiger charge is -2.11. The SMILES string of the molecule is CCNCCCCOc1ccc(-c2noc(-c3ccc(OC(C)C)c(C#N)c3)n2)c(Cl)c1. The van der Waals surface area contributed by atoms with Gasteiger partial charge in [0.1, 0.15) is 17.6 Å². The lowest BCUT2D eigenvalue weighted by molar-refractivity contribution is 0.241. The molecule has 1 aromatic heterocycles. The first kappa shape index (κ1) is 23.6. The van der Waals surface area contributed by atoms with E-state index < -0.39 is 0 Å². The molecule has 0 unspecified atom stereocenters. The maximum absolute atomic E-state index is 9.43. The molecule has 3 rings (SSSR count). The van der Waals surface area contributed by atoms with Crippen molar-refractivity contribution in [3.8, 4) is 40.4 Å². The number of rotatable bonds is 11. The molecule has 0 bridgehead atoms. The summed E-state index contributed by atoms with van der Waals surface area (Å²) in [4.78, 5) is 4.45. The zero-order valence-electron chi connectivity index (χ0n) is 18.5. The van der Waals surface area contributed by atoms with Gasteiger partial charge in [0.05, 0.1) is 23.3 Å². The van der Waals surface area contributed by atoms with Crippen LogP contribution in [-0.2, 0) is 0 Å². The molecule has 2 aromatic carbocycles. The highest BCUT2D eigenvalue weighted by molar-refractivity contribution is 6.33. The third kappa shape index (κ3) is 6.22. The molecule has 32 heavy (non-hydrogen) atoms. The normalized spacial score (nSPS) is 10.9. The van der Waals surface area contributed by atoms with Crippen molar-refractivity contribution in [2.75, 3.05) is 19.7 Å². The second kappa shape index (κ2) is 11.5. The number of nitrogens with zero attached hydrogens (tertiary/aromatic N) is 3. The Hall–Kier alpha value is -3.08. The molecule has 168 valence electrons. The molecule has 0 saturated carbocycles. The Morgan fingerprint density at radius 2 is 2.03 bits per heavy atom. The van der Waals surface area contributed by atoms with Gasteiger partial charge in [-0.15, -0.1) is 0 Å². The van der Waals surface area contributed by atoms with Crippen molar-refractivity contribution in [3.05, 3.63) is 47.0 Å². The van der Waals surface area contributed by atoms with Crippen LogP contribution in [0.25, 0.3) is 22.8 Å². The number of ether oxygens (including phenoxy) is 2. The van der Waals surface area contributed by atoms with Crippen LogP contribution < -0.4 is 14.8 Å². The van der Waals surface area contributed by atoms with Gasteiger partial charge < -0.3 is 19.3 Å². The van der Waals surface area contributed by atoms with Gasteiger partial charge >= 0.3 is 0 Å². The van der Waals surface area contributed by atoms with Crippen molar-refractivity contribution in [1.29, 1.82) is 5.26 Å². The summed E-state index contributed by atoms with van der Waals surface area (Å²) in [6, 6.07) is 12.7. The minimum Gasteiger partial charge on any atom is -0.494 e. The number of hydrogen-bond donors (Lipinski definition) is 1. The first-order chi connectivity index (χ1) is 15.5. The minimum atomic E-state index is -0.0323. The fraction of sp³-hybridized carbons (Fsp3) is 0.375. The van der Waals surface area contributed by atoms with Crippen LogP contribution in [0.15, 0.2) is 40.9 Å². The van der Waals surface area contributed by atoms with Crippen LogP contribution in [0.5, 0.6) is 11.5 Å². The van der Waals surface area contributed by atoms with Gasteiger partial charge in [0.2, 0.25) is 5.82 Å². The van der Waals surface area contributed by atoms with E-state index in [2.05, 4.69) is 28.5 Å². The highest BCUT2D eigenvalue weighted by atomic mass is 35.5. The van der Waals surface area contributed by atoms with Crippen molar-refractivity contribution in [2.24, 2.45) is 0 Å². The average Bonchev–Trinajstić information content (AvgIpc) is 3.26. The smallest absolute Gasteiger partial charge is 0.258 e. The number of halogens is 1. The molecule has 0 aliphatic rings. The van der Waals surface area contributed by atoms with Crippen LogP contribution in [-0.4, -0.2) is 35.9 Å². The minimum absolute atomic E-state index is 0.0323. The maximum Gasteiger partial charge on any atom is 0.258 e. The van der Waals surface area contributed by atoms with Crippen molar-refractivity contribution in [1.82, 2.24) is 15.5 Å². The number of hydrogen-bond acceptors (Lipinski definition) is 7. The van der Waals surface area contributed by atoms with E-state index in [-0.39, 0.29) is 6.10 Å². The summed E-state index contributed by atoms with van der Waals surface area (Å²) in [5, 5.41) is 17.2. The molecule has 1 heterocycles. The van der Waals surface area contributed by atoms with Crippen molar-refractivity contribution < 1.29 is 14.0 Å². The molecular formula is C24H27ClN4O3. The van der Waals surface area contributed by atoms with Gasteiger partial charge in [-0.3, -0.25) is 0 Å². The zero-order valence-corrected chi connectivity index (χ0v) is 19.3. The van der Waals surface area contributed by atoms with Gasteiger partial charge in [-0.1, -0.05) is 23.7 Å². The number of nitrogens with one attached hydrogen (secondary N) is 1. The largest absolute Gasteiger partial charge is 0.494 e. The summed E-state index contributed by atoms with van der Waals surface area (Å²) in [6.45, 7) is 8.51. The first-order valence-electron chi connectivity index (χ1n) is 10.7. The van der Waals surface area contributed by atoms with E-state index in [1.165, 1.54) is 0 Å². The molecule has 0 atom stereocenters. The number of aromatic nitrogens is 2. The summed E-state index contributed by atoms with van der Waals surface area (Å²) in [5.41, 5.74) is 1.67. The van der Waals surface area contributed by atoms with E-state index in [4.69, 9.17) is 25.6 Å². The molecule has 0 amide bonds. The summed E-state index contributed by atoms with van der Waals surface area (Å²) < 4.78 is 16.9. The molecule has 8 heteroatoms. The standard InChI is InChI=1S/C24H27ClN4O3/c1-4-27-11-5-6-12-30-19-8-9-20(21(25)14-19)23-28-24(32-29-23)17-7-10-22(31-16(2)3)18(13-17)15-26/h7-10,13-14,16,27H,4-6,11-12H2,1-3H3. The predicted octanol–water partition coefficient (Wildman–Crippen LogP) is 5.48. The van der Waals surface area contributed by atoms with Gasteiger partial charge in [0.15, 0.2) is 0 Å². The molecule has 0 aliphatic heterocycles. The van der Waals surface area contributed by atoms with Gasteiger partial charge in [0.25, 0.3) is 5.89 Å². The summed E-state index contributed by atoms with van der Waals surface area (Å²) >= 11 is 6.45. The topological polar surface area (TPSA) is 93.2 Å². The van der Waals surface area contributed by atoms with Crippen molar-refractivity contribution >= 4 is 11.6 Å². The van der Waals surface area contributed by atoms with Gasteiger partial charge in [-0.2, -0.15) is 10.2 Å². The van der Waals surface area contributed by atoms with Gasteiger partial charge in [-0.05, 0) is 76.2 Å². The molecule has 0 saturated heterocycles. The van der Waals surface area contributed by atoms with Crippen molar-refractivity contribution in [3.63, 3.8) is 0 Å². The fourth-order valence-corrected chi connectivity index (χ4v) is 3.30. The van der Waals surface area contributed by atoms with E-state index in [1.54, 1.807) is 24.3 Å². The molecule has 0 radical (unpaired) electrons. The van der Waals surface area contributed by atoms with E-state index in [0.29, 0.717) is 51.5 Å². The zero-order chi connectivity index (χ0) is 22.9. The molecule has 3 aromatic rings. The maximum atomic E-state index is 9.43. The molecule has 7 nitrogen and oxygen atoms in total. The second-order valence-electron chi connectivity index (χ2n) is 7.46. The number of nitriles is 1. The molecular weight excluding hydrogens is 428 g/mol. The third-order valence-corrected chi connectivity index (χ3v) is 4.90. The molecule has 1 N–H and O–H groups in total. The highest BCUT2D eigenvalue weighted by Crippen LogP contribution is 2.32. The third-order valence-electron chi connectivity index (χ3n) is 4.58. The molecule has 0 spiro atoms. The monoisotopic (exact) mass is 454 g/mol. The van der Waals surface area contributed by atoms with Gasteiger partial charge in [0, 0.05) is 11.1 Å². The summed E-state index contributed by atoms with van der Waals surface area (Å²) in [7, 11) is 0. The summed E-state index contributed by atoms with van der Waals surface area (Å²) in [5.74, 6) is 1.88. The Balaban J connectivity index is 1.69. The Labute approximate surface area is 193 Å². The highest BCUT2D eigenvalue weighted by Gasteiger charge is 2.16. The van der Waals surface area contributed by atoms with Crippen LogP contribution >= 0.6 is 11.6 Å². The summed E-state index contributed by atoms with van der Waals surface area (Å²) in [6.07, 6.45) is 1.99. The van der Waals surface area contributed by atoms with E-state index >= 15 is 0 Å². The predicted molar refractivity (Wildman–Crippen MR) is 124 cm³/mol.